The van der Waals surface area contributed by atoms with Gasteiger partial charge in [0.05, 0.1) is 6.33 Å². The summed E-state index contributed by atoms with van der Waals surface area (Å²) in [5.41, 5.74) is -0.644. The van der Waals surface area contributed by atoms with E-state index in [1.165, 1.54) is 22.5 Å². The minimum Gasteiger partial charge on any atom is -0.485 e. The minimum atomic E-state index is -0.746. The van der Waals surface area contributed by atoms with Crippen LogP contribution < -0.4 is 20.7 Å². The maximum atomic E-state index is 12.9. The monoisotopic (exact) mass is 468 g/mol. The van der Waals surface area contributed by atoms with Gasteiger partial charge in [-0.05, 0) is 12.1 Å². The number of ether oxygens (including phenoxy) is 2. The standard InChI is InChI=1S/C22H24N6O6/c1-24-13-23-19-18(24)21(31)28(22(32)25(19)2)11-17(29)26-7-9-27(10-8-26)20(30)16-12-33-14-5-3-4-6-15(14)34-16/h3-6,13,16H,7-12H2,1-2H3/t16-/m1/s1. The van der Waals surface area contributed by atoms with Crippen LogP contribution in [0.5, 0.6) is 11.5 Å². The molecule has 5 rings (SSSR count). The third-order valence-electron chi connectivity index (χ3n) is 6.22. The number of nitrogens with zero attached hydrogens (tertiary/aromatic N) is 6. The zero-order valence-corrected chi connectivity index (χ0v) is 18.8. The molecule has 1 saturated heterocycles. The first-order chi connectivity index (χ1) is 16.3. The average Bonchev–Trinajstić information content (AvgIpc) is 3.26. The molecule has 34 heavy (non-hydrogen) atoms. The van der Waals surface area contributed by atoms with Crippen molar-refractivity contribution in [3.05, 3.63) is 51.4 Å². The van der Waals surface area contributed by atoms with Gasteiger partial charge in [0.25, 0.3) is 11.5 Å². The van der Waals surface area contributed by atoms with E-state index in [0.717, 1.165) is 4.57 Å². The Morgan fingerprint density at radius 3 is 2.44 bits per heavy atom. The van der Waals surface area contributed by atoms with Gasteiger partial charge in [-0.2, -0.15) is 0 Å². The molecule has 4 heterocycles. The predicted molar refractivity (Wildman–Crippen MR) is 120 cm³/mol. The van der Waals surface area contributed by atoms with Crippen molar-refractivity contribution in [2.45, 2.75) is 12.6 Å². The summed E-state index contributed by atoms with van der Waals surface area (Å²) in [6.07, 6.45) is 0.706. The molecule has 2 aliphatic rings. The molecule has 3 aromatic rings. The summed E-state index contributed by atoms with van der Waals surface area (Å²) in [5.74, 6) is 0.568. The number of rotatable bonds is 3. The Morgan fingerprint density at radius 2 is 1.71 bits per heavy atom. The normalized spacial score (nSPS) is 17.8. The zero-order chi connectivity index (χ0) is 24.0. The molecule has 12 nitrogen and oxygen atoms in total. The molecule has 0 saturated carbocycles. The number of aromatic nitrogens is 4. The fourth-order valence-corrected chi connectivity index (χ4v) is 4.29. The van der Waals surface area contributed by atoms with Crippen molar-refractivity contribution in [1.82, 2.24) is 28.5 Å². The summed E-state index contributed by atoms with van der Waals surface area (Å²) in [5, 5.41) is 0. The van der Waals surface area contributed by atoms with Gasteiger partial charge in [0.15, 0.2) is 22.7 Å². The van der Waals surface area contributed by atoms with Crippen molar-refractivity contribution in [3.8, 4) is 11.5 Å². The molecule has 0 unspecified atom stereocenters. The van der Waals surface area contributed by atoms with E-state index in [9.17, 15) is 19.2 Å². The fraction of sp³-hybridized carbons (Fsp3) is 0.409. The Morgan fingerprint density at radius 1 is 1.03 bits per heavy atom. The minimum absolute atomic E-state index is 0.123. The molecule has 1 fully saturated rings. The van der Waals surface area contributed by atoms with Crippen LogP contribution in [-0.4, -0.2) is 79.2 Å². The van der Waals surface area contributed by atoms with Crippen molar-refractivity contribution in [2.75, 3.05) is 32.8 Å². The van der Waals surface area contributed by atoms with Crippen LogP contribution in [0.2, 0.25) is 0 Å². The number of carbonyl (C=O) groups excluding carboxylic acids is 2. The highest BCUT2D eigenvalue weighted by atomic mass is 16.6. The molecule has 12 heteroatoms. The quantitative estimate of drug-likeness (QED) is 0.481. The molecule has 2 aliphatic heterocycles. The lowest BCUT2D eigenvalue weighted by molar-refractivity contribution is -0.146. The van der Waals surface area contributed by atoms with Crippen LogP contribution in [0.25, 0.3) is 11.2 Å². The molecular weight excluding hydrogens is 444 g/mol. The third kappa shape index (κ3) is 3.60. The number of amides is 2. The third-order valence-corrected chi connectivity index (χ3v) is 6.22. The van der Waals surface area contributed by atoms with Crippen LogP contribution in [-0.2, 0) is 30.2 Å². The highest BCUT2D eigenvalue weighted by molar-refractivity contribution is 5.82. The number of benzene rings is 1. The van der Waals surface area contributed by atoms with E-state index in [4.69, 9.17) is 9.47 Å². The second-order valence-corrected chi connectivity index (χ2v) is 8.33. The first kappa shape index (κ1) is 21.7. The fourth-order valence-electron chi connectivity index (χ4n) is 4.29. The topological polar surface area (TPSA) is 121 Å². The highest BCUT2D eigenvalue weighted by Crippen LogP contribution is 2.31. The van der Waals surface area contributed by atoms with E-state index >= 15 is 0 Å². The van der Waals surface area contributed by atoms with Crippen molar-refractivity contribution in [2.24, 2.45) is 14.1 Å². The van der Waals surface area contributed by atoms with Gasteiger partial charge in [-0.3, -0.25) is 19.0 Å². The van der Waals surface area contributed by atoms with Crippen LogP contribution in [0.15, 0.2) is 40.2 Å². The Kier molecular flexibility index (Phi) is 5.34. The van der Waals surface area contributed by atoms with Gasteiger partial charge in [-0.1, -0.05) is 12.1 Å². The van der Waals surface area contributed by atoms with E-state index in [1.54, 1.807) is 29.0 Å². The van der Waals surface area contributed by atoms with E-state index in [-0.39, 0.29) is 49.2 Å². The molecule has 2 aromatic heterocycles. The van der Waals surface area contributed by atoms with Gasteiger partial charge < -0.3 is 23.8 Å². The molecule has 0 radical (unpaired) electrons. The Hall–Kier alpha value is -4.09. The number of aryl methyl sites for hydroxylation is 2. The number of piperazine rings is 1. The summed E-state index contributed by atoms with van der Waals surface area (Å²) in [6.45, 7) is 0.962. The number of hydrogen-bond acceptors (Lipinski definition) is 7. The molecule has 178 valence electrons. The maximum absolute atomic E-state index is 12.9. The van der Waals surface area contributed by atoms with Crippen molar-refractivity contribution >= 4 is 23.0 Å². The first-order valence-corrected chi connectivity index (χ1v) is 10.9. The van der Waals surface area contributed by atoms with Crippen LogP contribution in [0.4, 0.5) is 0 Å². The second kappa shape index (κ2) is 8.36. The van der Waals surface area contributed by atoms with Gasteiger partial charge in [0.2, 0.25) is 12.0 Å². The Labute approximate surface area is 193 Å². The summed E-state index contributed by atoms with van der Waals surface area (Å²) >= 11 is 0. The molecule has 1 atom stereocenters. The Bertz CT molecular complexity index is 1400. The van der Waals surface area contributed by atoms with E-state index in [1.807, 2.05) is 12.1 Å². The van der Waals surface area contributed by atoms with Crippen LogP contribution in [0.1, 0.15) is 0 Å². The van der Waals surface area contributed by atoms with Crippen LogP contribution >= 0.6 is 0 Å². The number of fused-ring (bicyclic) bond motifs is 2. The average molecular weight is 468 g/mol. The van der Waals surface area contributed by atoms with Crippen LogP contribution in [0.3, 0.4) is 0 Å². The lowest BCUT2D eigenvalue weighted by Gasteiger charge is -2.37. The van der Waals surface area contributed by atoms with Gasteiger partial charge >= 0.3 is 5.69 Å². The lowest BCUT2D eigenvalue weighted by atomic mass is 10.2. The largest absolute Gasteiger partial charge is 0.485 e. The van der Waals surface area contributed by atoms with Crippen LogP contribution in [0, 0.1) is 0 Å². The van der Waals surface area contributed by atoms with E-state index in [2.05, 4.69) is 4.98 Å². The first-order valence-electron chi connectivity index (χ1n) is 10.9. The van der Waals surface area contributed by atoms with Gasteiger partial charge in [0, 0.05) is 40.3 Å². The van der Waals surface area contributed by atoms with Gasteiger partial charge in [-0.15, -0.1) is 0 Å². The summed E-state index contributed by atoms with van der Waals surface area (Å²) in [6, 6.07) is 7.18. The number of carbonyl (C=O) groups is 2. The molecule has 0 aliphatic carbocycles. The SMILES string of the molecule is Cn1cnc2c1c(=O)n(CC(=O)N1CCN(C(=O)[C@H]3COc4ccccc4O3)CC1)c(=O)n2C. The lowest BCUT2D eigenvalue weighted by Crippen LogP contribution is -2.56. The summed E-state index contributed by atoms with van der Waals surface area (Å²) < 4.78 is 15.1. The second-order valence-electron chi connectivity index (χ2n) is 8.33. The van der Waals surface area contributed by atoms with E-state index in [0.29, 0.717) is 24.6 Å². The molecule has 0 bridgehead atoms. The molecule has 2 amide bonds. The van der Waals surface area contributed by atoms with Gasteiger partial charge in [0.1, 0.15) is 13.2 Å². The predicted octanol–water partition coefficient (Wildman–Crippen LogP) is -1.06. The van der Waals surface area contributed by atoms with Crippen molar-refractivity contribution < 1.29 is 19.1 Å². The van der Waals surface area contributed by atoms with Gasteiger partial charge in [-0.25, -0.2) is 14.3 Å². The maximum Gasteiger partial charge on any atom is 0.332 e. The molecule has 0 spiro atoms. The summed E-state index contributed by atoms with van der Waals surface area (Å²) in [7, 11) is 3.17. The molecule has 1 aromatic carbocycles. The molecular formula is C22H24N6O6. The van der Waals surface area contributed by atoms with Crippen molar-refractivity contribution in [3.63, 3.8) is 0 Å². The number of para-hydroxylation sites is 2. The Balaban J connectivity index is 1.24. The summed E-state index contributed by atoms with van der Waals surface area (Å²) in [4.78, 5) is 58.6. The highest BCUT2D eigenvalue weighted by Gasteiger charge is 2.33. The van der Waals surface area contributed by atoms with E-state index < -0.39 is 17.4 Å². The number of imidazole rings is 1. The molecule has 0 N–H and O–H groups in total. The number of hydrogen-bond donors (Lipinski definition) is 0. The smallest absolute Gasteiger partial charge is 0.332 e. The van der Waals surface area contributed by atoms with Crippen molar-refractivity contribution in [1.29, 1.82) is 0 Å². The zero-order valence-electron chi connectivity index (χ0n) is 18.8.